The second-order valence-electron chi connectivity index (χ2n) is 4.18. The van der Waals surface area contributed by atoms with Gasteiger partial charge in [-0.1, -0.05) is 20.8 Å². The van der Waals surface area contributed by atoms with Gasteiger partial charge in [0, 0.05) is 17.8 Å². The molecule has 0 aliphatic carbocycles. The zero-order valence-corrected chi connectivity index (χ0v) is 10.8. The summed E-state index contributed by atoms with van der Waals surface area (Å²) in [7, 11) is 0. The smallest absolute Gasteiger partial charge is 0.224 e. The molecule has 0 aliphatic heterocycles. The fourth-order valence-electron chi connectivity index (χ4n) is 1.12. The minimum absolute atomic E-state index is 0.0104. The summed E-state index contributed by atoms with van der Waals surface area (Å²) in [6.45, 7) is 6.90. The first-order chi connectivity index (χ1) is 7.54. The number of carbonyl (C=O) groups excluding carboxylic acids is 1. The number of nitrogens with one attached hydrogen (secondary N) is 1. The van der Waals surface area contributed by atoms with Crippen molar-refractivity contribution in [1.82, 2.24) is 10.3 Å². The maximum Gasteiger partial charge on any atom is 0.224 e. The van der Waals surface area contributed by atoms with Crippen molar-refractivity contribution in [2.75, 3.05) is 6.54 Å². The lowest BCUT2D eigenvalue weighted by molar-refractivity contribution is -0.124. The predicted molar refractivity (Wildman–Crippen MR) is 66.3 cm³/mol. The summed E-state index contributed by atoms with van der Waals surface area (Å²) in [4.78, 5) is 15.9. The largest absolute Gasteiger partial charge is 0.349 e. The van der Waals surface area contributed by atoms with Crippen LogP contribution in [0.3, 0.4) is 0 Å². The topological polar surface area (TPSA) is 68.0 Å². The van der Waals surface area contributed by atoms with Crippen molar-refractivity contribution in [1.29, 1.82) is 0 Å². The van der Waals surface area contributed by atoms with Crippen LogP contribution in [0.1, 0.15) is 37.4 Å². The van der Waals surface area contributed by atoms with E-state index in [1.165, 1.54) is 0 Å². The minimum Gasteiger partial charge on any atom is -0.349 e. The van der Waals surface area contributed by atoms with Crippen LogP contribution < -0.4 is 11.1 Å². The lowest BCUT2D eigenvalue weighted by Gasteiger charge is -2.08. The van der Waals surface area contributed by atoms with Crippen molar-refractivity contribution in [3.05, 3.63) is 16.1 Å². The molecule has 0 saturated carbocycles. The van der Waals surface area contributed by atoms with E-state index in [1.807, 2.05) is 12.3 Å². The van der Waals surface area contributed by atoms with Crippen LogP contribution in [-0.4, -0.2) is 17.4 Å². The molecule has 90 valence electrons. The Morgan fingerprint density at radius 3 is 2.75 bits per heavy atom. The second-order valence-corrected chi connectivity index (χ2v) is 5.12. The lowest BCUT2D eigenvalue weighted by atomic mass is 10.2. The van der Waals surface area contributed by atoms with Crippen LogP contribution in [0.5, 0.6) is 0 Å². The van der Waals surface area contributed by atoms with E-state index in [2.05, 4.69) is 24.1 Å². The molecule has 0 radical (unpaired) electrons. The lowest BCUT2D eigenvalue weighted by Crippen LogP contribution is -2.32. The Labute approximate surface area is 100 Å². The molecule has 1 rings (SSSR count). The summed E-state index contributed by atoms with van der Waals surface area (Å²) < 4.78 is 0. The fraction of sp³-hybridized carbons (Fsp3) is 0.636. The average Bonchev–Trinajstić information content (AvgIpc) is 2.73. The molecule has 4 nitrogen and oxygen atoms in total. The van der Waals surface area contributed by atoms with Crippen LogP contribution in [0.2, 0.25) is 0 Å². The zero-order chi connectivity index (χ0) is 12.1. The number of carbonyl (C=O) groups is 1. The van der Waals surface area contributed by atoms with E-state index in [1.54, 1.807) is 11.3 Å². The highest BCUT2D eigenvalue weighted by molar-refractivity contribution is 7.09. The number of hydrogen-bond acceptors (Lipinski definition) is 4. The Bertz CT molecular complexity index is 349. The van der Waals surface area contributed by atoms with Gasteiger partial charge in [-0.05, 0) is 5.92 Å². The number of nitrogens with zero attached hydrogens (tertiary/aromatic N) is 1. The first kappa shape index (κ1) is 13.1. The third kappa shape index (κ3) is 3.57. The minimum atomic E-state index is -0.135. The molecule has 1 aromatic rings. The Balaban J connectivity index is 2.45. The number of thiazole rings is 1. The number of nitrogens with two attached hydrogens (primary N) is 1. The zero-order valence-electron chi connectivity index (χ0n) is 9.99. The maximum atomic E-state index is 11.5. The van der Waals surface area contributed by atoms with Crippen molar-refractivity contribution in [2.45, 2.75) is 33.2 Å². The van der Waals surface area contributed by atoms with E-state index in [9.17, 15) is 4.79 Å². The Morgan fingerprint density at radius 1 is 1.56 bits per heavy atom. The SMILES string of the molecule is CC(CN)C(=O)NCc1nc(C(C)C)cs1. The Hall–Kier alpha value is -0.940. The second kappa shape index (κ2) is 5.96. The Morgan fingerprint density at radius 2 is 2.25 bits per heavy atom. The van der Waals surface area contributed by atoms with Gasteiger partial charge in [0.15, 0.2) is 0 Å². The average molecular weight is 241 g/mol. The number of aromatic nitrogens is 1. The van der Waals surface area contributed by atoms with Gasteiger partial charge in [-0.25, -0.2) is 4.98 Å². The molecule has 0 saturated heterocycles. The van der Waals surface area contributed by atoms with E-state index in [-0.39, 0.29) is 11.8 Å². The molecule has 0 aromatic carbocycles. The third-order valence-corrected chi connectivity index (χ3v) is 3.24. The van der Waals surface area contributed by atoms with Gasteiger partial charge in [0.25, 0.3) is 0 Å². The van der Waals surface area contributed by atoms with Gasteiger partial charge in [0.05, 0.1) is 12.2 Å². The van der Waals surface area contributed by atoms with Crippen molar-refractivity contribution in [3.8, 4) is 0 Å². The van der Waals surface area contributed by atoms with Crippen LogP contribution in [-0.2, 0) is 11.3 Å². The summed E-state index contributed by atoms with van der Waals surface area (Å²) in [6, 6.07) is 0. The fourth-order valence-corrected chi connectivity index (χ4v) is 2.01. The Kier molecular flexibility index (Phi) is 4.89. The van der Waals surface area contributed by atoms with Gasteiger partial charge in [0.1, 0.15) is 5.01 Å². The molecular formula is C11H19N3OS. The summed E-state index contributed by atoms with van der Waals surface area (Å²) in [6.07, 6.45) is 0. The highest BCUT2D eigenvalue weighted by atomic mass is 32.1. The van der Waals surface area contributed by atoms with Crippen LogP contribution >= 0.6 is 11.3 Å². The summed E-state index contributed by atoms with van der Waals surface area (Å²) in [5, 5.41) is 5.82. The summed E-state index contributed by atoms with van der Waals surface area (Å²) >= 11 is 1.58. The molecule has 1 unspecified atom stereocenters. The number of hydrogen-bond donors (Lipinski definition) is 2. The molecule has 16 heavy (non-hydrogen) atoms. The van der Waals surface area contributed by atoms with Crippen molar-refractivity contribution in [2.24, 2.45) is 11.7 Å². The standard InChI is InChI=1S/C11H19N3OS/c1-7(2)9-6-16-10(14-9)5-13-11(15)8(3)4-12/h6-8H,4-5,12H2,1-3H3,(H,13,15). The van der Waals surface area contributed by atoms with E-state index in [4.69, 9.17) is 5.73 Å². The summed E-state index contributed by atoms with van der Waals surface area (Å²) in [5.41, 5.74) is 6.50. The monoisotopic (exact) mass is 241 g/mol. The van der Waals surface area contributed by atoms with Crippen molar-refractivity contribution >= 4 is 17.2 Å². The van der Waals surface area contributed by atoms with E-state index < -0.39 is 0 Å². The quantitative estimate of drug-likeness (QED) is 0.820. The molecule has 1 heterocycles. The van der Waals surface area contributed by atoms with Crippen LogP contribution in [0.25, 0.3) is 0 Å². The molecule has 0 aliphatic rings. The van der Waals surface area contributed by atoms with Crippen LogP contribution in [0.15, 0.2) is 5.38 Å². The van der Waals surface area contributed by atoms with Gasteiger partial charge < -0.3 is 11.1 Å². The first-order valence-electron chi connectivity index (χ1n) is 5.46. The van der Waals surface area contributed by atoms with Gasteiger partial charge >= 0.3 is 0 Å². The predicted octanol–water partition coefficient (Wildman–Crippen LogP) is 1.48. The van der Waals surface area contributed by atoms with Crippen molar-refractivity contribution < 1.29 is 4.79 Å². The van der Waals surface area contributed by atoms with E-state index in [0.29, 0.717) is 19.0 Å². The summed E-state index contributed by atoms with van der Waals surface area (Å²) in [5.74, 6) is 0.289. The first-order valence-corrected chi connectivity index (χ1v) is 6.34. The molecule has 1 aromatic heterocycles. The molecule has 1 atom stereocenters. The highest BCUT2D eigenvalue weighted by Gasteiger charge is 2.11. The molecule has 3 N–H and O–H groups in total. The van der Waals surface area contributed by atoms with Crippen molar-refractivity contribution in [3.63, 3.8) is 0 Å². The normalized spacial score (nSPS) is 12.8. The van der Waals surface area contributed by atoms with Gasteiger partial charge in [-0.2, -0.15) is 0 Å². The third-order valence-electron chi connectivity index (χ3n) is 2.38. The number of rotatable bonds is 5. The molecule has 0 fully saturated rings. The highest BCUT2D eigenvalue weighted by Crippen LogP contribution is 2.17. The number of amides is 1. The molecule has 0 spiro atoms. The molecule has 1 amide bonds. The van der Waals surface area contributed by atoms with Gasteiger partial charge in [0.2, 0.25) is 5.91 Å². The molecule has 0 bridgehead atoms. The van der Waals surface area contributed by atoms with E-state index in [0.717, 1.165) is 10.7 Å². The van der Waals surface area contributed by atoms with Crippen LogP contribution in [0.4, 0.5) is 0 Å². The van der Waals surface area contributed by atoms with Gasteiger partial charge in [-0.3, -0.25) is 4.79 Å². The van der Waals surface area contributed by atoms with Gasteiger partial charge in [-0.15, -0.1) is 11.3 Å². The maximum absolute atomic E-state index is 11.5. The van der Waals surface area contributed by atoms with Crippen LogP contribution in [0, 0.1) is 5.92 Å². The van der Waals surface area contributed by atoms with E-state index >= 15 is 0 Å². The molecular weight excluding hydrogens is 222 g/mol. The molecule has 5 heteroatoms.